The number of nitrogens with zero attached hydrogens (tertiary/aromatic N) is 1. The first-order valence-electron chi connectivity index (χ1n) is 8.22. The number of hydrogen-bond donors (Lipinski definition) is 2. The Labute approximate surface area is 143 Å². The molecule has 124 valence electrons. The van der Waals surface area contributed by atoms with Gasteiger partial charge in [-0.25, -0.2) is 0 Å². The molecule has 24 heavy (non-hydrogen) atoms. The third kappa shape index (κ3) is 4.47. The van der Waals surface area contributed by atoms with Crippen molar-refractivity contribution in [2.45, 2.75) is 32.3 Å². The second-order valence-electron chi connectivity index (χ2n) is 6.03. The van der Waals surface area contributed by atoms with Crippen LogP contribution in [0.4, 0.5) is 0 Å². The summed E-state index contributed by atoms with van der Waals surface area (Å²) in [7, 11) is 0. The van der Waals surface area contributed by atoms with E-state index in [0.29, 0.717) is 11.1 Å². The highest BCUT2D eigenvalue weighted by Crippen LogP contribution is 2.30. The Morgan fingerprint density at radius 3 is 2.67 bits per heavy atom. The van der Waals surface area contributed by atoms with Gasteiger partial charge in [-0.3, -0.25) is 0 Å². The van der Waals surface area contributed by atoms with Gasteiger partial charge in [-0.15, -0.1) is 0 Å². The second-order valence-corrected chi connectivity index (χ2v) is 6.03. The normalized spacial score (nSPS) is 20.9. The smallest absolute Gasteiger partial charge is 0.115 e. The van der Waals surface area contributed by atoms with Gasteiger partial charge in [0.1, 0.15) is 5.75 Å². The van der Waals surface area contributed by atoms with Crippen molar-refractivity contribution in [3.63, 3.8) is 0 Å². The van der Waals surface area contributed by atoms with Crippen LogP contribution in [0.2, 0.25) is 0 Å². The fraction of sp³-hybridized carbons (Fsp3) is 0.286. The van der Waals surface area contributed by atoms with Crippen molar-refractivity contribution in [1.29, 1.82) is 5.26 Å². The zero-order chi connectivity index (χ0) is 17.5. The first kappa shape index (κ1) is 17.8. The van der Waals surface area contributed by atoms with Crippen LogP contribution in [0.1, 0.15) is 31.7 Å². The molecule has 1 unspecified atom stereocenters. The highest BCUT2D eigenvalue weighted by atomic mass is 16.3. The number of hydrogen-bond acceptors (Lipinski definition) is 3. The molecule has 1 aromatic carbocycles. The lowest BCUT2D eigenvalue weighted by molar-refractivity contribution is 0.147. The maximum absolute atomic E-state index is 10.4. The van der Waals surface area contributed by atoms with Crippen LogP contribution < -0.4 is 0 Å². The first-order chi connectivity index (χ1) is 11.5. The van der Waals surface area contributed by atoms with Crippen molar-refractivity contribution in [3.05, 3.63) is 71.4 Å². The van der Waals surface area contributed by atoms with E-state index in [4.69, 9.17) is 0 Å². The lowest BCUT2D eigenvalue weighted by Crippen LogP contribution is -2.17. The van der Waals surface area contributed by atoms with Gasteiger partial charge >= 0.3 is 0 Å². The van der Waals surface area contributed by atoms with E-state index in [-0.39, 0.29) is 11.7 Å². The molecule has 3 heteroatoms. The molecule has 0 amide bonds. The molecule has 1 aliphatic rings. The number of aromatic hydroxyl groups is 1. The Bertz CT molecular complexity index is 717. The second kappa shape index (κ2) is 8.33. The molecule has 0 aromatic heterocycles. The molecular weight excluding hydrogens is 298 g/mol. The molecule has 0 saturated heterocycles. The number of phenols is 1. The molecule has 1 aromatic rings. The molecule has 0 aliphatic heterocycles. The molecule has 0 fully saturated rings. The minimum atomic E-state index is -0.569. The van der Waals surface area contributed by atoms with E-state index < -0.39 is 6.10 Å². The van der Waals surface area contributed by atoms with Gasteiger partial charge in [0.15, 0.2) is 0 Å². The van der Waals surface area contributed by atoms with Gasteiger partial charge in [0.05, 0.1) is 17.7 Å². The largest absolute Gasteiger partial charge is 0.508 e. The molecule has 0 radical (unpaired) electrons. The minimum absolute atomic E-state index is 0.163. The topological polar surface area (TPSA) is 64.2 Å². The molecule has 2 atom stereocenters. The molecule has 0 bridgehead atoms. The summed E-state index contributed by atoms with van der Waals surface area (Å²) in [6.07, 6.45) is 9.83. The van der Waals surface area contributed by atoms with Crippen LogP contribution in [0.3, 0.4) is 0 Å². The van der Waals surface area contributed by atoms with Gasteiger partial charge in [-0.05, 0) is 53.7 Å². The van der Waals surface area contributed by atoms with Crippen molar-refractivity contribution in [2.75, 3.05) is 0 Å². The summed E-state index contributed by atoms with van der Waals surface area (Å²) in [6.45, 7) is 5.92. The van der Waals surface area contributed by atoms with Crippen molar-refractivity contribution in [2.24, 2.45) is 5.92 Å². The van der Waals surface area contributed by atoms with Crippen molar-refractivity contribution in [1.82, 2.24) is 0 Å². The Kier molecular flexibility index (Phi) is 6.17. The highest BCUT2D eigenvalue weighted by Gasteiger charge is 2.21. The summed E-state index contributed by atoms with van der Waals surface area (Å²) >= 11 is 0. The molecule has 0 spiro atoms. The molecule has 0 saturated carbocycles. The quantitative estimate of drug-likeness (QED) is 0.784. The van der Waals surface area contributed by atoms with Crippen LogP contribution in [-0.2, 0) is 0 Å². The lowest BCUT2D eigenvalue weighted by Gasteiger charge is -2.17. The molecular formula is C21H23NO2. The van der Waals surface area contributed by atoms with Crippen LogP contribution >= 0.6 is 0 Å². The standard InChI is InChI=1S/C21H23NO2/c1-3-4-18-10-9-17(20(13-21(18)24)15(2)14-22)8-5-16-6-11-19(23)12-7-16/h5-9,11-13,18,21,23-24H,2-4,10H2,1H3/b8-5+/t18?,21-/m1/s1. The summed E-state index contributed by atoms with van der Waals surface area (Å²) < 4.78 is 0. The van der Waals surface area contributed by atoms with Crippen LogP contribution in [0.5, 0.6) is 5.75 Å². The van der Waals surface area contributed by atoms with Gasteiger partial charge in [0.2, 0.25) is 0 Å². The van der Waals surface area contributed by atoms with Gasteiger partial charge in [0, 0.05) is 0 Å². The lowest BCUT2D eigenvalue weighted by atomic mass is 9.94. The zero-order valence-electron chi connectivity index (χ0n) is 13.9. The SMILES string of the molecule is C=C(C#N)C1=C[C@@H](O)C(CCC)CC=C1/C=C/c1ccc(O)cc1. The minimum Gasteiger partial charge on any atom is -0.508 e. The van der Waals surface area contributed by atoms with Gasteiger partial charge in [0.25, 0.3) is 0 Å². The van der Waals surface area contributed by atoms with Gasteiger partial charge in [-0.1, -0.05) is 50.3 Å². The molecule has 3 nitrogen and oxygen atoms in total. The van der Waals surface area contributed by atoms with Crippen LogP contribution in [-0.4, -0.2) is 16.3 Å². The van der Waals surface area contributed by atoms with Gasteiger partial charge < -0.3 is 10.2 Å². The van der Waals surface area contributed by atoms with E-state index in [2.05, 4.69) is 25.6 Å². The maximum Gasteiger partial charge on any atom is 0.115 e. The molecule has 2 rings (SSSR count). The predicted octanol–water partition coefficient (Wildman–Crippen LogP) is 4.52. The third-order valence-electron chi connectivity index (χ3n) is 4.24. The van der Waals surface area contributed by atoms with Crippen LogP contribution in [0, 0.1) is 17.2 Å². The highest BCUT2D eigenvalue weighted by molar-refractivity contribution is 5.63. The number of aliphatic hydroxyl groups excluding tert-OH is 1. The van der Waals surface area contributed by atoms with Crippen molar-refractivity contribution < 1.29 is 10.2 Å². The number of nitriles is 1. The molecule has 2 N–H and O–H groups in total. The molecule has 0 heterocycles. The van der Waals surface area contributed by atoms with Crippen molar-refractivity contribution >= 4 is 6.08 Å². The van der Waals surface area contributed by atoms with Crippen molar-refractivity contribution in [3.8, 4) is 11.8 Å². The average molecular weight is 321 g/mol. The van der Waals surface area contributed by atoms with E-state index in [1.807, 2.05) is 24.3 Å². The van der Waals surface area contributed by atoms with E-state index >= 15 is 0 Å². The Hall–Kier alpha value is -2.57. The van der Waals surface area contributed by atoms with Gasteiger partial charge in [-0.2, -0.15) is 5.26 Å². The van der Waals surface area contributed by atoms with Crippen LogP contribution in [0.25, 0.3) is 6.08 Å². The number of aliphatic hydroxyl groups is 1. The van der Waals surface area contributed by atoms with E-state index in [0.717, 1.165) is 30.4 Å². The van der Waals surface area contributed by atoms with E-state index in [1.54, 1.807) is 18.2 Å². The molecule has 1 aliphatic carbocycles. The number of phenolic OH excluding ortho intramolecular Hbond substituents is 1. The number of rotatable bonds is 5. The predicted molar refractivity (Wildman–Crippen MR) is 97.1 cm³/mol. The monoisotopic (exact) mass is 321 g/mol. The fourth-order valence-corrected chi connectivity index (χ4v) is 2.85. The summed E-state index contributed by atoms with van der Waals surface area (Å²) in [5.41, 5.74) is 2.89. The summed E-state index contributed by atoms with van der Waals surface area (Å²) in [4.78, 5) is 0. The Morgan fingerprint density at radius 1 is 1.33 bits per heavy atom. The van der Waals surface area contributed by atoms with E-state index in [9.17, 15) is 15.5 Å². The summed E-state index contributed by atoms with van der Waals surface area (Å²) in [5, 5.41) is 29.0. The number of allylic oxidation sites excluding steroid dienone is 5. The number of benzene rings is 1. The van der Waals surface area contributed by atoms with E-state index in [1.165, 1.54) is 0 Å². The Balaban J connectivity index is 2.32. The third-order valence-corrected chi connectivity index (χ3v) is 4.24. The first-order valence-corrected chi connectivity index (χ1v) is 8.22. The average Bonchev–Trinajstić information content (AvgIpc) is 2.74. The maximum atomic E-state index is 10.4. The fourth-order valence-electron chi connectivity index (χ4n) is 2.85. The zero-order valence-corrected chi connectivity index (χ0v) is 13.9. The van der Waals surface area contributed by atoms with Crippen LogP contribution in [0.15, 0.2) is 65.8 Å². The summed E-state index contributed by atoms with van der Waals surface area (Å²) in [5.74, 6) is 0.390. The Morgan fingerprint density at radius 2 is 2.04 bits per heavy atom. The summed E-state index contributed by atoms with van der Waals surface area (Å²) in [6, 6.07) is 8.99.